The summed E-state index contributed by atoms with van der Waals surface area (Å²) in [4.78, 5) is 12.7. The van der Waals surface area contributed by atoms with Crippen LogP contribution in [0, 0.1) is 52.3 Å². The monoisotopic (exact) mass is 536 g/mol. The van der Waals surface area contributed by atoms with Gasteiger partial charge in [-0.25, -0.2) is 4.79 Å². The average Bonchev–Trinajstić information content (AvgIpc) is 3.40. The summed E-state index contributed by atoms with van der Waals surface area (Å²) in [6.07, 6.45) is 13.1. The Hall–Kier alpha value is -1.59. The summed E-state index contributed by atoms with van der Waals surface area (Å²) >= 11 is 0. The van der Waals surface area contributed by atoms with Crippen LogP contribution in [-0.4, -0.2) is 36.0 Å². The third-order valence-corrected chi connectivity index (χ3v) is 12.9. The minimum Gasteiger partial charge on any atom is -0.396 e. The number of anilines is 1. The number of benzene rings is 1. The van der Waals surface area contributed by atoms with Crippen LogP contribution in [0.25, 0.3) is 0 Å². The van der Waals surface area contributed by atoms with E-state index in [1.54, 1.807) is 0 Å². The Morgan fingerprint density at radius 2 is 1.82 bits per heavy atom. The fraction of sp³-hybridized carbons (Fsp3) is 0.794. The lowest BCUT2D eigenvalue weighted by atomic mass is 9.44. The highest BCUT2D eigenvalue weighted by molar-refractivity contribution is 5.89. The first-order valence-electron chi connectivity index (χ1n) is 16.1. The third kappa shape index (κ3) is 4.84. The Morgan fingerprint density at radius 1 is 1.05 bits per heavy atom. The molecule has 0 radical (unpaired) electrons. The summed E-state index contributed by atoms with van der Waals surface area (Å²) in [7, 11) is 0. The molecule has 5 aliphatic rings. The molecule has 5 heteroatoms. The minimum absolute atomic E-state index is 0.0624. The van der Waals surface area contributed by atoms with Crippen molar-refractivity contribution in [2.24, 2.45) is 52.3 Å². The first kappa shape index (κ1) is 27.6. The van der Waals surface area contributed by atoms with Crippen molar-refractivity contribution < 1.29 is 14.6 Å². The van der Waals surface area contributed by atoms with E-state index in [0.29, 0.717) is 46.7 Å². The number of carbonyl (C=O) groups excluding carboxylic acids is 1. The number of hydrogen-bond donors (Lipinski definition) is 3. The normalized spacial score (nSPS) is 45.4. The maximum absolute atomic E-state index is 12.7. The number of fused-ring (bicyclic) bond motifs is 7. The van der Waals surface area contributed by atoms with Gasteiger partial charge in [0.1, 0.15) is 0 Å². The Balaban J connectivity index is 1.09. The molecule has 6 rings (SSSR count). The minimum atomic E-state index is -0.0624. The van der Waals surface area contributed by atoms with Crippen molar-refractivity contribution in [3.63, 3.8) is 0 Å². The quantitative estimate of drug-likeness (QED) is 0.358. The van der Waals surface area contributed by atoms with Crippen LogP contribution in [0.15, 0.2) is 30.3 Å². The van der Waals surface area contributed by atoms with Crippen LogP contribution < -0.4 is 10.6 Å². The number of hydrogen-bond acceptors (Lipinski definition) is 3. The number of ether oxygens (including phenoxy) is 1. The molecule has 0 unspecified atom stereocenters. The standard InChI is InChI=1S/C34H52N2O3/c1-21(20-37)10-13-29-22(2)31-30(39-29)19-28-26-12-11-23-18-25(36-32(38)35-24-8-6-5-7-9-24)14-16-33(23,3)27(26)15-17-34(28,31)4/h5-9,21-23,25-31,37H,10-20H2,1-4H3,(H2,35,36,38)/t21-,22+,23+,25+,26+,27-,28-,29+,30-,31-,33-,34-/m0/s1. The van der Waals surface area contributed by atoms with Crippen LogP contribution in [0.1, 0.15) is 91.9 Å². The molecule has 0 spiro atoms. The van der Waals surface area contributed by atoms with Gasteiger partial charge in [-0.2, -0.15) is 0 Å². The summed E-state index contributed by atoms with van der Waals surface area (Å²) in [6.45, 7) is 10.2. The van der Waals surface area contributed by atoms with Crippen LogP contribution in [0.2, 0.25) is 0 Å². The van der Waals surface area contributed by atoms with Gasteiger partial charge in [-0.3, -0.25) is 0 Å². The molecule has 0 bridgehead atoms. The van der Waals surface area contributed by atoms with Gasteiger partial charge in [-0.1, -0.05) is 45.9 Å². The van der Waals surface area contributed by atoms with E-state index in [0.717, 1.165) is 49.1 Å². The number of para-hydroxylation sites is 1. The molecule has 1 saturated heterocycles. The summed E-state index contributed by atoms with van der Waals surface area (Å²) in [5.41, 5.74) is 1.68. The number of aliphatic hydroxyl groups is 1. The number of carbonyl (C=O) groups is 1. The summed E-state index contributed by atoms with van der Waals surface area (Å²) in [5.74, 6) is 4.88. The zero-order valence-corrected chi connectivity index (χ0v) is 24.7. The second-order valence-corrected chi connectivity index (χ2v) is 14.8. The van der Waals surface area contributed by atoms with Gasteiger partial charge in [0.25, 0.3) is 0 Å². The molecule has 1 aromatic rings. The lowest BCUT2D eigenvalue weighted by Crippen LogP contribution is -2.56. The summed E-state index contributed by atoms with van der Waals surface area (Å²) in [5, 5.41) is 15.8. The zero-order chi connectivity index (χ0) is 27.4. The van der Waals surface area contributed by atoms with Crippen molar-refractivity contribution in [3.8, 4) is 0 Å². The molecule has 4 saturated carbocycles. The largest absolute Gasteiger partial charge is 0.396 e. The first-order chi connectivity index (χ1) is 18.7. The van der Waals surface area contributed by atoms with E-state index in [9.17, 15) is 9.90 Å². The van der Waals surface area contributed by atoms with Crippen molar-refractivity contribution >= 4 is 11.7 Å². The van der Waals surface area contributed by atoms with E-state index < -0.39 is 0 Å². The maximum atomic E-state index is 12.7. The fourth-order valence-electron chi connectivity index (χ4n) is 10.8. The van der Waals surface area contributed by atoms with Crippen molar-refractivity contribution in [2.45, 2.75) is 110 Å². The Bertz CT molecular complexity index is 1020. The van der Waals surface area contributed by atoms with Crippen LogP contribution >= 0.6 is 0 Å². The molecule has 216 valence electrons. The Morgan fingerprint density at radius 3 is 2.59 bits per heavy atom. The molecule has 1 heterocycles. The van der Waals surface area contributed by atoms with Crippen LogP contribution in [0.5, 0.6) is 0 Å². The molecule has 4 aliphatic carbocycles. The number of nitrogens with one attached hydrogen (secondary N) is 2. The molecule has 1 aromatic carbocycles. The van der Waals surface area contributed by atoms with Gasteiger partial charge >= 0.3 is 6.03 Å². The third-order valence-electron chi connectivity index (χ3n) is 12.9. The van der Waals surface area contributed by atoms with Gasteiger partial charge in [0, 0.05) is 18.3 Å². The van der Waals surface area contributed by atoms with Gasteiger partial charge in [-0.05, 0) is 129 Å². The smallest absolute Gasteiger partial charge is 0.319 e. The van der Waals surface area contributed by atoms with E-state index in [1.807, 2.05) is 30.3 Å². The lowest BCUT2D eigenvalue weighted by Gasteiger charge is -2.61. The SMILES string of the molecule is C[C@H](CO)CC[C@H]1O[C@H]2C[C@H]3[C@@H]4CC[C@@H]5C[C@H](NC(=O)Nc6ccccc6)CC[C@]5(C)[C@H]4CC[C@]3(C)[C@H]2[C@@H]1C. The fourth-order valence-corrected chi connectivity index (χ4v) is 10.8. The van der Waals surface area contributed by atoms with Crippen molar-refractivity contribution in [1.82, 2.24) is 5.32 Å². The number of rotatable bonds is 6. The predicted octanol–water partition coefficient (Wildman–Crippen LogP) is 7.26. The van der Waals surface area contributed by atoms with Gasteiger partial charge in [0.2, 0.25) is 0 Å². The molecule has 3 N–H and O–H groups in total. The number of amides is 2. The molecular weight excluding hydrogens is 484 g/mol. The highest BCUT2D eigenvalue weighted by Crippen LogP contribution is 2.70. The van der Waals surface area contributed by atoms with E-state index >= 15 is 0 Å². The number of aliphatic hydroxyl groups excluding tert-OH is 1. The molecular formula is C34H52N2O3. The maximum Gasteiger partial charge on any atom is 0.319 e. The van der Waals surface area contributed by atoms with Gasteiger partial charge in [-0.15, -0.1) is 0 Å². The molecule has 0 aromatic heterocycles. The Kier molecular flexibility index (Phi) is 7.54. The highest BCUT2D eigenvalue weighted by Gasteiger charge is 2.65. The van der Waals surface area contributed by atoms with E-state index in [4.69, 9.17) is 4.74 Å². The van der Waals surface area contributed by atoms with Crippen LogP contribution in [0.4, 0.5) is 10.5 Å². The lowest BCUT2D eigenvalue weighted by molar-refractivity contribution is -0.118. The highest BCUT2D eigenvalue weighted by atomic mass is 16.5. The van der Waals surface area contributed by atoms with E-state index in [-0.39, 0.29) is 18.7 Å². The molecule has 5 fully saturated rings. The first-order valence-corrected chi connectivity index (χ1v) is 16.1. The molecule has 39 heavy (non-hydrogen) atoms. The van der Waals surface area contributed by atoms with Gasteiger partial charge in [0.15, 0.2) is 0 Å². The topological polar surface area (TPSA) is 70.6 Å². The second kappa shape index (κ2) is 10.7. The number of urea groups is 1. The Labute approximate surface area is 236 Å². The average molecular weight is 537 g/mol. The van der Waals surface area contributed by atoms with E-state index in [2.05, 4.69) is 38.3 Å². The van der Waals surface area contributed by atoms with Crippen LogP contribution in [0.3, 0.4) is 0 Å². The van der Waals surface area contributed by atoms with Gasteiger partial charge < -0.3 is 20.5 Å². The molecule has 2 amide bonds. The predicted molar refractivity (Wildman–Crippen MR) is 156 cm³/mol. The van der Waals surface area contributed by atoms with Crippen LogP contribution in [-0.2, 0) is 4.74 Å². The molecule has 5 nitrogen and oxygen atoms in total. The summed E-state index contributed by atoms with van der Waals surface area (Å²) in [6, 6.07) is 9.98. The van der Waals surface area contributed by atoms with E-state index in [1.165, 1.54) is 38.5 Å². The van der Waals surface area contributed by atoms with Crippen molar-refractivity contribution in [3.05, 3.63) is 30.3 Å². The van der Waals surface area contributed by atoms with Gasteiger partial charge in [0.05, 0.1) is 12.2 Å². The van der Waals surface area contributed by atoms with Crippen molar-refractivity contribution in [2.75, 3.05) is 11.9 Å². The van der Waals surface area contributed by atoms with Crippen molar-refractivity contribution in [1.29, 1.82) is 0 Å². The summed E-state index contributed by atoms with van der Waals surface area (Å²) < 4.78 is 6.83. The second-order valence-electron chi connectivity index (χ2n) is 14.8. The zero-order valence-electron chi connectivity index (χ0n) is 24.7. The molecule has 12 atom stereocenters. The molecule has 1 aliphatic heterocycles.